The van der Waals surface area contributed by atoms with Crippen LogP contribution in [0.2, 0.25) is 0 Å². The number of rotatable bonds is 6. The Morgan fingerprint density at radius 2 is 1.86 bits per heavy atom. The van der Waals surface area contributed by atoms with Gasteiger partial charge in [0.2, 0.25) is 5.91 Å². The number of hydrogen-bond donors (Lipinski definition) is 0. The third kappa shape index (κ3) is 4.46. The summed E-state index contributed by atoms with van der Waals surface area (Å²) in [6.45, 7) is 2.19. The van der Waals surface area contributed by atoms with Gasteiger partial charge in [-0.3, -0.25) is 9.59 Å². The van der Waals surface area contributed by atoms with Gasteiger partial charge in [0.25, 0.3) is 5.91 Å². The van der Waals surface area contributed by atoms with Gasteiger partial charge in [-0.1, -0.05) is 0 Å². The molecule has 2 heterocycles. The predicted molar refractivity (Wildman–Crippen MR) is 103 cm³/mol. The molecule has 0 radical (unpaired) electrons. The van der Waals surface area contributed by atoms with Crippen LogP contribution in [0, 0.1) is 0 Å². The van der Waals surface area contributed by atoms with E-state index >= 15 is 0 Å². The predicted octanol–water partition coefficient (Wildman–Crippen LogP) is 2.49. The molecule has 7 heteroatoms. The standard InChI is InChI=1S/C21H28N2O5/c1-27-18-13-15(12-16(14-18)21(26)28-2)20(25)23-10-4-3-6-17(23)8-11-22-9-5-7-19(22)24/h12-14,17H,3-11H2,1-2H3. The fourth-order valence-electron chi connectivity index (χ4n) is 4.06. The van der Waals surface area contributed by atoms with Crippen LogP contribution in [-0.4, -0.2) is 67.5 Å². The summed E-state index contributed by atoms with van der Waals surface area (Å²) < 4.78 is 10.0. The summed E-state index contributed by atoms with van der Waals surface area (Å²) in [7, 11) is 2.81. The van der Waals surface area contributed by atoms with Crippen molar-refractivity contribution in [3.05, 3.63) is 29.3 Å². The smallest absolute Gasteiger partial charge is 0.338 e. The summed E-state index contributed by atoms with van der Waals surface area (Å²) in [5.41, 5.74) is 0.713. The summed E-state index contributed by atoms with van der Waals surface area (Å²) in [5, 5.41) is 0. The van der Waals surface area contributed by atoms with Crippen LogP contribution in [0.5, 0.6) is 5.75 Å². The van der Waals surface area contributed by atoms with E-state index in [1.807, 2.05) is 9.80 Å². The Labute approximate surface area is 165 Å². The van der Waals surface area contributed by atoms with Gasteiger partial charge in [0.05, 0.1) is 19.8 Å². The van der Waals surface area contributed by atoms with Crippen molar-refractivity contribution < 1.29 is 23.9 Å². The molecule has 28 heavy (non-hydrogen) atoms. The molecule has 2 fully saturated rings. The monoisotopic (exact) mass is 388 g/mol. The number of ether oxygens (including phenoxy) is 2. The molecule has 7 nitrogen and oxygen atoms in total. The van der Waals surface area contributed by atoms with Crippen molar-refractivity contribution in [2.24, 2.45) is 0 Å². The molecule has 1 atom stereocenters. The van der Waals surface area contributed by atoms with Crippen molar-refractivity contribution >= 4 is 17.8 Å². The van der Waals surface area contributed by atoms with Crippen molar-refractivity contribution in [1.82, 2.24) is 9.80 Å². The van der Waals surface area contributed by atoms with Gasteiger partial charge >= 0.3 is 5.97 Å². The largest absolute Gasteiger partial charge is 0.497 e. The summed E-state index contributed by atoms with van der Waals surface area (Å²) in [4.78, 5) is 40.8. The zero-order chi connectivity index (χ0) is 20.1. The highest BCUT2D eigenvalue weighted by Crippen LogP contribution is 2.25. The van der Waals surface area contributed by atoms with Crippen molar-refractivity contribution in [2.45, 2.75) is 44.6 Å². The van der Waals surface area contributed by atoms with E-state index in [9.17, 15) is 14.4 Å². The maximum Gasteiger partial charge on any atom is 0.338 e. The van der Waals surface area contributed by atoms with E-state index in [4.69, 9.17) is 9.47 Å². The SMILES string of the molecule is COC(=O)c1cc(OC)cc(C(=O)N2CCCCC2CCN2CCCC2=O)c1. The normalized spacial score (nSPS) is 19.6. The van der Waals surface area contributed by atoms with Crippen molar-refractivity contribution in [3.63, 3.8) is 0 Å². The Kier molecular flexibility index (Phi) is 6.54. The van der Waals surface area contributed by atoms with Crippen molar-refractivity contribution in [3.8, 4) is 5.75 Å². The highest BCUT2D eigenvalue weighted by atomic mass is 16.5. The number of carbonyl (C=O) groups is 3. The van der Waals surface area contributed by atoms with Gasteiger partial charge in [-0.15, -0.1) is 0 Å². The van der Waals surface area contributed by atoms with Crippen LogP contribution in [0.4, 0.5) is 0 Å². The minimum atomic E-state index is -0.504. The molecular formula is C21H28N2O5. The molecule has 0 aromatic heterocycles. The number of piperidine rings is 1. The van der Waals surface area contributed by atoms with Crippen LogP contribution >= 0.6 is 0 Å². The molecule has 2 saturated heterocycles. The Balaban J connectivity index is 1.76. The van der Waals surface area contributed by atoms with E-state index < -0.39 is 5.97 Å². The van der Waals surface area contributed by atoms with Gasteiger partial charge in [0.15, 0.2) is 0 Å². The molecule has 1 aromatic rings. The topological polar surface area (TPSA) is 76.2 Å². The van der Waals surface area contributed by atoms with E-state index in [1.54, 1.807) is 18.2 Å². The second kappa shape index (κ2) is 9.08. The third-order valence-corrected chi connectivity index (χ3v) is 5.60. The summed E-state index contributed by atoms with van der Waals surface area (Å²) >= 11 is 0. The summed E-state index contributed by atoms with van der Waals surface area (Å²) in [6, 6.07) is 4.88. The molecule has 0 spiro atoms. The lowest BCUT2D eigenvalue weighted by atomic mass is 9.97. The van der Waals surface area contributed by atoms with E-state index in [-0.39, 0.29) is 17.9 Å². The lowest BCUT2D eigenvalue weighted by Crippen LogP contribution is -2.45. The van der Waals surface area contributed by atoms with E-state index in [0.717, 1.165) is 38.6 Å². The summed E-state index contributed by atoms with van der Waals surface area (Å²) in [6.07, 6.45) is 5.30. The minimum absolute atomic E-state index is 0.0995. The number of benzene rings is 1. The van der Waals surface area contributed by atoms with Gasteiger partial charge in [-0.25, -0.2) is 4.79 Å². The highest BCUT2D eigenvalue weighted by Gasteiger charge is 2.30. The molecule has 1 unspecified atom stereocenters. The molecule has 3 rings (SSSR count). The van der Waals surface area contributed by atoms with Gasteiger partial charge in [-0.2, -0.15) is 0 Å². The van der Waals surface area contributed by atoms with Crippen molar-refractivity contribution in [2.75, 3.05) is 33.9 Å². The van der Waals surface area contributed by atoms with Crippen LogP contribution in [0.1, 0.15) is 59.2 Å². The van der Waals surface area contributed by atoms with Crippen LogP contribution in [0.15, 0.2) is 18.2 Å². The van der Waals surface area contributed by atoms with Crippen LogP contribution in [0.25, 0.3) is 0 Å². The molecule has 2 amide bonds. The maximum absolute atomic E-state index is 13.2. The first-order valence-corrected chi connectivity index (χ1v) is 9.89. The molecule has 0 saturated carbocycles. The highest BCUT2D eigenvalue weighted by molar-refractivity contribution is 5.98. The average molecular weight is 388 g/mol. The molecule has 0 bridgehead atoms. The molecule has 2 aliphatic heterocycles. The molecule has 1 aromatic carbocycles. The first kappa shape index (κ1) is 20.2. The lowest BCUT2D eigenvalue weighted by molar-refractivity contribution is -0.127. The van der Waals surface area contributed by atoms with Gasteiger partial charge < -0.3 is 19.3 Å². The molecule has 2 aliphatic rings. The van der Waals surface area contributed by atoms with Crippen LogP contribution in [-0.2, 0) is 9.53 Å². The molecule has 0 N–H and O–H groups in total. The fraction of sp³-hybridized carbons (Fsp3) is 0.571. The second-order valence-electron chi connectivity index (χ2n) is 7.36. The van der Waals surface area contributed by atoms with Gasteiger partial charge in [0.1, 0.15) is 5.75 Å². The second-order valence-corrected chi connectivity index (χ2v) is 7.36. The zero-order valence-electron chi connectivity index (χ0n) is 16.6. The molecule has 0 aliphatic carbocycles. The molecular weight excluding hydrogens is 360 g/mol. The number of amides is 2. The zero-order valence-corrected chi connectivity index (χ0v) is 16.6. The number of hydrogen-bond acceptors (Lipinski definition) is 5. The fourth-order valence-corrected chi connectivity index (χ4v) is 4.06. The number of esters is 1. The molecule has 152 valence electrons. The number of likely N-dealkylation sites (tertiary alicyclic amines) is 2. The summed E-state index contributed by atoms with van der Waals surface area (Å²) in [5.74, 6) is 0.0452. The quantitative estimate of drug-likeness (QED) is 0.700. The third-order valence-electron chi connectivity index (χ3n) is 5.60. The Bertz CT molecular complexity index is 748. The van der Waals surface area contributed by atoms with Crippen molar-refractivity contribution in [1.29, 1.82) is 0 Å². The number of carbonyl (C=O) groups excluding carboxylic acids is 3. The first-order chi connectivity index (χ1) is 13.5. The minimum Gasteiger partial charge on any atom is -0.497 e. The lowest BCUT2D eigenvalue weighted by Gasteiger charge is -2.37. The number of nitrogens with zero attached hydrogens (tertiary/aromatic N) is 2. The van der Waals surface area contributed by atoms with Gasteiger partial charge in [-0.05, 0) is 50.3 Å². The Morgan fingerprint density at radius 3 is 2.54 bits per heavy atom. The number of methoxy groups -OCH3 is 2. The maximum atomic E-state index is 13.2. The Morgan fingerprint density at radius 1 is 1.07 bits per heavy atom. The average Bonchev–Trinajstić information content (AvgIpc) is 3.15. The van der Waals surface area contributed by atoms with Crippen LogP contribution < -0.4 is 4.74 Å². The first-order valence-electron chi connectivity index (χ1n) is 9.89. The van der Waals surface area contributed by atoms with Gasteiger partial charge in [0, 0.05) is 37.7 Å². The Hall–Kier alpha value is -2.57. The van der Waals surface area contributed by atoms with E-state index in [1.165, 1.54) is 14.2 Å². The van der Waals surface area contributed by atoms with E-state index in [0.29, 0.717) is 36.4 Å². The van der Waals surface area contributed by atoms with E-state index in [2.05, 4.69) is 0 Å². The van der Waals surface area contributed by atoms with Crippen LogP contribution in [0.3, 0.4) is 0 Å².